The number of carbonyl (C=O) groups excluding carboxylic acids is 2. The van der Waals surface area contributed by atoms with E-state index < -0.39 is 6.03 Å². The minimum absolute atomic E-state index is 0.157. The summed E-state index contributed by atoms with van der Waals surface area (Å²) in [4.78, 5) is 21.4. The van der Waals surface area contributed by atoms with Crippen molar-refractivity contribution in [3.8, 4) is 0 Å². The quantitative estimate of drug-likeness (QED) is 0.616. The highest BCUT2D eigenvalue weighted by Crippen LogP contribution is 2.42. The van der Waals surface area contributed by atoms with Crippen LogP contribution < -0.4 is 16.4 Å². The van der Waals surface area contributed by atoms with E-state index in [-0.39, 0.29) is 12.5 Å². The molecule has 0 bridgehead atoms. The second-order valence-electron chi connectivity index (χ2n) is 4.22. The van der Waals surface area contributed by atoms with Gasteiger partial charge in [0.05, 0.1) is 6.54 Å². The minimum Gasteiger partial charge on any atom is -0.351 e. The van der Waals surface area contributed by atoms with E-state index in [1.165, 1.54) is 19.3 Å². The number of nitrogens with one attached hydrogen (secondary N) is 2. The Morgan fingerprint density at radius 1 is 1.40 bits per heavy atom. The SMILES string of the molecule is CCC1(CNCC(=O)NC(N)=O)CCC1. The van der Waals surface area contributed by atoms with Crippen LogP contribution in [0.4, 0.5) is 4.79 Å². The zero-order valence-electron chi connectivity index (χ0n) is 9.14. The van der Waals surface area contributed by atoms with Crippen LogP contribution in [0.5, 0.6) is 0 Å². The standard InChI is InChI=1S/C10H19N3O2/c1-2-10(4-3-5-10)7-12-6-8(14)13-9(11)15/h12H,2-7H2,1H3,(H3,11,13,14,15). The van der Waals surface area contributed by atoms with Gasteiger partial charge in [-0.15, -0.1) is 0 Å². The molecule has 1 aliphatic carbocycles. The first-order chi connectivity index (χ1) is 7.08. The first-order valence-electron chi connectivity index (χ1n) is 5.38. The Labute approximate surface area is 89.8 Å². The molecule has 3 amide bonds. The van der Waals surface area contributed by atoms with Gasteiger partial charge in [0.15, 0.2) is 0 Å². The normalized spacial score (nSPS) is 17.9. The highest BCUT2D eigenvalue weighted by molar-refractivity contribution is 5.94. The van der Waals surface area contributed by atoms with Crippen molar-refractivity contribution in [1.29, 1.82) is 0 Å². The van der Waals surface area contributed by atoms with Crippen LogP contribution in [0.3, 0.4) is 0 Å². The number of hydrogen-bond acceptors (Lipinski definition) is 3. The molecule has 86 valence electrons. The number of carbonyl (C=O) groups is 2. The van der Waals surface area contributed by atoms with Crippen LogP contribution in [0, 0.1) is 5.41 Å². The van der Waals surface area contributed by atoms with E-state index in [2.05, 4.69) is 12.2 Å². The Balaban J connectivity index is 2.15. The van der Waals surface area contributed by atoms with Crippen molar-refractivity contribution in [1.82, 2.24) is 10.6 Å². The van der Waals surface area contributed by atoms with Gasteiger partial charge in [0.1, 0.15) is 0 Å². The van der Waals surface area contributed by atoms with Crippen LogP contribution in [0.2, 0.25) is 0 Å². The highest BCUT2D eigenvalue weighted by Gasteiger charge is 2.34. The number of hydrogen-bond donors (Lipinski definition) is 3. The average Bonchev–Trinajstić information content (AvgIpc) is 2.08. The van der Waals surface area contributed by atoms with Crippen LogP contribution >= 0.6 is 0 Å². The van der Waals surface area contributed by atoms with Gasteiger partial charge in [0.25, 0.3) is 0 Å². The van der Waals surface area contributed by atoms with Gasteiger partial charge in [-0.25, -0.2) is 4.79 Å². The van der Waals surface area contributed by atoms with Gasteiger partial charge >= 0.3 is 6.03 Å². The van der Waals surface area contributed by atoms with Crippen molar-refractivity contribution in [3.63, 3.8) is 0 Å². The van der Waals surface area contributed by atoms with Crippen LogP contribution in [0.15, 0.2) is 0 Å². The predicted molar refractivity (Wildman–Crippen MR) is 57.2 cm³/mol. The molecule has 0 aromatic rings. The van der Waals surface area contributed by atoms with Crippen LogP contribution in [0.25, 0.3) is 0 Å². The summed E-state index contributed by atoms with van der Waals surface area (Å²) in [6, 6.07) is -0.796. The zero-order chi connectivity index (χ0) is 11.3. The maximum absolute atomic E-state index is 11.1. The van der Waals surface area contributed by atoms with Gasteiger partial charge < -0.3 is 11.1 Å². The summed E-state index contributed by atoms with van der Waals surface area (Å²) in [7, 11) is 0. The summed E-state index contributed by atoms with van der Waals surface area (Å²) >= 11 is 0. The number of amides is 3. The first kappa shape index (κ1) is 12.0. The third-order valence-electron chi connectivity index (χ3n) is 3.21. The molecule has 1 rings (SSSR count). The predicted octanol–water partition coefficient (Wildman–Crippen LogP) is 0.351. The number of imide groups is 1. The Bertz CT molecular complexity index is 244. The number of nitrogens with two attached hydrogens (primary N) is 1. The second-order valence-corrected chi connectivity index (χ2v) is 4.22. The van der Waals surface area contributed by atoms with Gasteiger partial charge in [0.2, 0.25) is 5.91 Å². The Hall–Kier alpha value is -1.10. The molecule has 5 heteroatoms. The van der Waals surface area contributed by atoms with Crippen molar-refractivity contribution in [2.24, 2.45) is 11.1 Å². The third kappa shape index (κ3) is 3.51. The molecule has 1 saturated carbocycles. The van der Waals surface area contributed by atoms with E-state index in [0.717, 1.165) is 13.0 Å². The van der Waals surface area contributed by atoms with Crippen LogP contribution in [0.1, 0.15) is 32.6 Å². The third-order valence-corrected chi connectivity index (χ3v) is 3.21. The molecule has 0 radical (unpaired) electrons. The second kappa shape index (κ2) is 5.11. The average molecular weight is 213 g/mol. The number of primary amides is 1. The molecule has 0 saturated heterocycles. The summed E-state index contributed by atoms with van der Waals surface area (Å²) in [5.74, 6) is -0.368. The van der Waals surface area contributed by atoms with Gasteiger partial charge in [-0.2, -0.15) is 0 Å². The van der Waals surface area contributed by atoms with Crippen LogP contribution in [-0.4, -0.2) is 25.0 Å². The Kier molecular flexibility index (Phi) is 4.08. The van der Waals surface area contributed by atoms with Crippen molar-refractivity contribution < 1.29 is 9.59 Å². The molecule has 1 aliphatic rings. The van der Waals surface area contributed by atoms with E-state index in [0.29, 0.717) is 5.41 Å². The van der Waals surface area contributed by atoms with E-state index in [1.54, 1.807) is 0 Å². The summed E-state index contributed by atoms with van der Waals surface area (Å²) in [5, 5.41) is 5.08. The molecule has 0 atom stereocenters. The molecule has 0 aliphatic heterocycles. The van der Waals surface area contributed by atoms with Gasteiger partial charge in [0, 0.05) is 6.54 Å². The molecule has 5 nitrogen and oxygen atoms in total. The fourth-order valence-electron chi connectivity index (χ4n) is 1.95. The lowest BCUT2D eigenvalue weighted by Crippen LogP contribution is -2.45. The molecule has 0 heterocycles. The topological polar surface area (TPSA) is 84.2 Å². The minimum atomic E-state index is -0.796. The highest BCUT2D eigenvalue weighted by atomic mass is 16.2. The molecule has 0 aromatic heterocycles. The summed E-state index contributed by atoms with van der Waals surface area (Å²) in [6.45, 7) is 3.17. The van der Waals surface area contributed by atoms with Crippen molar-refractivity contribution in [2.75, 3.05) is 13.1 Å². The van der Waals surface area contributed by atoms with Gasteiger partial charge in [-0.05, 0) is 24.7 Å². The fourth-order valence-corrected chi connectivity index (χ4v) is 1.95. The number of urea groups is 1. The molecular weight excluding hydrogens is 194 g/mol. The molecule has 15 heavy (non-hydrogen) atoms. The number of rotatable bonds is 5. The van der Waals surface area contributed by atoms with E-state index in [1.807, 2.05) is 5.32 Å². The lowest BCUT2D eigenvalue weighted by molar-refractivity contribution is -0.119. The van der Waals surface area contributed by atoms with Crippen molar-refractivity contribution >= 4 is 11.9 Å². The summed E-state index contributed by atoms with van der Waals surface area (Å²) < 4.78 is 0. The monoisotopic (exact) mass is 213 g/mol. The maximum atomic E-state index is 11.1. The smallest absolute Gasteiger partial charge is 0.318 e. The molecule has 0 spiro atoms. The lowest BCUT2D eigenvalue weighted by Gasteiger charge is -2.41. The van der Waals surface area contributed by atoms with E-state index in [9.17, 15) is 9.59 Å². The van der Waals surface area contributed by atoms with Gasteiger partial charge in [-0.1, -0.05) is 13.3 Å². The molecule has 0 unspecified atom stereocenters. The van der Waals surface area contributed by atoms with Crippen molar-refractivity contribution in [2.45, 2.75) is 32.6 Å². The maximum Gasteiger partial charge on any atom is 0.318 e. The molecular formula is C10H19N3O2. The molecule has 0 aromatic carbocycles. The Morgan fingerprint density at radius 3 is 2.47 bits per heavy atom. The lowest BCUT2D eigenvalue weighted by atomic mass is 9.67. The van der Waals surface area contributed by atoms with E-state index >= 15 is 0 Å². The van der Waals surface area contributed by atoms with Crippen LogP contribution in [-0.2, 0) is 4.79 Å². The van der Waals surface area contributed by atoms with E-state index in [4.69, 9.17) is 5.73 Å². The first-order valence-corrected chi connectivity index (χ1v) is 5.38. The fraction of sp³-hybridized carbons (Fsp3) is 0.800. The largest absolute Gasteiger partial charge is 0.351 e. The molecule has 4 N–H and O–H groups in total. The van der Waals surface area contributed by atoms with Crippen molar-refractivity contribution in [3.05, 3.63) is 0 Å². The Morgan fingerprint density at radius 2 is 2.07 bits per heavy atom. The summed E-state index contributed by atoms with van der Waals surface area (Å²) in [6.07, 6.45) is 4.88. The zero-order valence-corrected chi connectivity index (χ0v) is 9.14. The molecule has 1 fully saturated rings. The van der Waals surface area contributed by atoms with Gasteiger partial charge in [-0.3, -0.25) is 10.1 Å². The summed E-state index contributed by atoms with van der Waals surface area (Å²) in [5.41, 5.74) is 5.20.